The molecule has 214 valence electrons. The minimum absolute atomic E-state index is 0.0230. The lowest BCUT2D eigenvalue weighted by Crippen LogP contribution is -2.40. The van der Waals surface area contributed by atoms with Crippen molar-refractivity contribution < 1.29 is 13.9 Å². The number of pyridine rings is 2. The third kappa shape index (κ3) is 6.14. The molecule has 0 radical (unpaired) electrons. The summed E-state index contributed by atoms with van der Waals surface area (Å²) in [7, 11) is 0. The van der Waals surface area contributed by atoms with Crippen molar-refractivity contribution in [3.05, 3.63) is 112 Å². The van der Waals surface area contributed by atoms with Crippen LogP contribution in [0.25, 0.3) is 33.2 Å². The predicted octanol–water partition coefficient (Wildman–Crippen LogP) is 6.23. The minimum Gasteiger partial charge on any atom is -0.383 e. The second-order valence-corrected chi connectivity index (χ2v) is 10.6. The number of halogens is 1. The number of fused-ring (bicyclic) bond motifs is 1. The van der Waals surface area contributed by atoms with Crippen molar-refractivity contribution in [3.8, 4) is 22.3 Å². The van der Waals surface area contributed by atoms with Crippen LogP contribution in [0.4, 0.5) is 15.9 Å². The van der Waals surface area contributed by atoms with E-state index in [1.54, 1.807) is 23.1 Å². The number of aromatic nitrogens is 2. The molecule has 0 saturated carbocycles. The zero-order valence-corrected chi connectivity index (χ0v) is 23.9. The van der Waals surface area contributed by atoms with Gasteiger partial charge in [0.1, 0.15) is 17.3 Å². The van der Waals surface area contributed by atoms with Gasteiger partial charge in [-0.2, -0.15) is 0 Å². The summed E-state index contributed by atoms with van der Waals surface area (Å²) in [5, 5.41) is 0.851. The molecule has 1 fully saturated rings. The number of carbonyl (C=O) groups is 1. The normalized spacial score (nSPS) is 13.7. The number of hydrogen-bond donors (Lipinski definition) is 3. The molecule has 1 amide bonds. The molecule has 0 spiro atoms. The number of hydrogen-bond acceptors (Lipinski definition) is 7. The van der Waals surface area contributed by atoms with Gasteiger partial charge in [0.15, 0.2) is 0 Å². The van der Waals surface area contributed by atoms with Gasteiger partial charge in [-0.15, -0.1) is 0 Å². The topological polar surface area (TPSA) is 113 Å². The fraction of sp³-hybridized carbons (Fsp3) is 0.156. The number of nitrogens with one attached hydrogen (secondary N) is 2. The van der Waals surface area contributed by atoms with Gasteiger partial charge in [-0.05, 0) is 72.5 Å². The minimum atomic E-state index is -0.633. The Balaban J connectivity index is 1.45. The van der Waals surface area contributed by atoms with Crippen LogP contribution < -0.4 is 16.0 Å². The molecule has 8 nitrogen and oxygen atoms in total. The lowest BCUT2D eigenvalue weighted by atomic mass is 9.98. The van der Waals surface area contributed by atoms with E-state index in [-0.39, 0.29) is 22.1 Å². The van der Waals surface area contributed by atoms with E-state index in [4.69, 9.17) is 10.5 Å². The summed E-state index contributed by atoms with van der Waals surface area (Å²) in [6, 6.07) is 16.8. The second-order valence-electron chi connectivity index (χ2n) is 9.74. The lowest BCUT2D eigenvalue weighted by Gasteiger charge is -2.26. The number of nitrogen functional groups attached to an aromatic ring is 1. The highest BCUT2D eigenvalue weighted by Gasteiger charge is 2.19. The zero-order valence-electron chi connectivity index (χ0n) is 23.1. The Morgan fingerprint density at radius 3 is 2.52 bits per heavy atom. The molecule has 5 rings (SSSR count). The SMILES string of the molecule is C=C/C=C(/SNc1cc(-c2ccc3nc(N)c(-c4ccc(C(=O)N5CCOCC5)cc4)cc3c2)c(C)[nH]c1=O)C(=C)F. The molecular formula is C32H30FN5O3S. The molecule has 0 aliphatic carbocycles. The average molecular weight is 584 g/mol. The first-order valence-electron chi connectivity index (χ1n) is 13.3. The number of ether oxygens (including phenoxy) is 1. The number of benzene rings is 2. The van der Waals surface area contributed by atoms with Gasteiger partial charge in [-0.25, -0.2) is 9.37 Å². The third-order valence-electron chi connectivity index (χ3n) is 6.94. The third-order valence-corrected chi connectivity index (χ3v) is 7.84. The van der Waals surface area contributed by atoms with Gasteiger partial charge in [0, 0.05) is 40.9 Å². The van der Waals surface area contributed by atoms with E-state index < -0.39 is 5.83 Å². The fourth-order valence-corrected chi connectivity index (χ4v) is 5.37. The van der Waals surface area contributed by atoms with Crippen molar-refractivity contribution in [2.75, 3.05) is 36.8 Å². The molecule has 3 heterocycles. The van der Waals surface area contributed by atoms with Crippen LogP contribution in [0.2, 0.25) is 0 Å². The maximum Gasteiger partial charge on any atom is 0.272 e. The molecule has 0 atom stereocenters. The van der Waals surface area contributed by atoms with Gasteiger partial charge in [0.25, 0.3) is 11.5 Å². The first-order chi connectivity index (χ1) is 20.2. The van der Waals surface area contributed by atoms with E-state index in [2.05, 4.69) is 27.8 Å². The van der Waals surface area contributed by atoms with Crippen molar-refractivity contribution >= 4 is 40.3 Å². The Labute approximate surface area is 246 Å². The largest absolute Gasteiger partial charge is 0.383 e. The molecule has 42 heavy (non-hydrogen) atoms. The summed E-state index contributed by atoms with van der Waals surface area (Å²) < 4.78 is 22.0. The van der Waals surface area contributed by atoms with Crippen molar-refractivity contribution in [2.24, 2.45) is 0 Å². The van der Waals surface area contributed by atoms with Gasteiger partial charge in [0.2, 0.25) is 0 Å². The van der Waals surface area contributed by atoms with E-state index in [9.17, 15) is 14.0 Å². The first kappa shape index (κ1) is 28.8. The van der Waals surface area contributed by atoms with Crippen LogP contribution >= 0.6 is 11.9 Å². The fourth-order valence-electron chi connectivity index (χ4n) is 4.73. The summed E-state index contributed by atoms with van der Waals surface area (Å²) >= 11 is 0.938. The molecule has 4 N–H and O–H groups in total. The molecule has 0 bridgehead atoms. The zero-order chi connectivity index (χ0) is 29.8. The molecule has 2 aromatic carbocycles. The van der Waals surface area contributed by atoms with Crippen LogP contribution in [-0.4, -0.2) is 47.1 Å². The molecule has 1 aliphatic heterocycles. The Morgan fingerprint density at radius 1 is 1.12 bits per heavy atom. The van der Waals surface area contributed by atoms with Crippen molar-refractivity contribution in [1.82, 2.24) is 14.9 Å². The predicted molar refractivity (Wildman–Crippen MR) is 169 cm³/mol. The number of morpholine rings is 1. The van der Waals surface area contributed by atoms with E-state index in [0.29, 0.717) is 43.4 Å². The molecule has 4 aromatic rings. The number of carbonyl (C=O) groups excluding carboxylic acids is 1. The van der Waals surface area contributed by atoms with Crippen LogP contribution in [0.15, 0.2) is 95.4 Å². The average Bonchev–Trinajstić information content (AvgIpc) is 2.99. The number of anilines is 2. The van der Waals surface area contributed by atoms with Gasteiger partial charge in [0.05, 0.1) is 23.6 Å². The number of rotatable bonds is 8. The van der Waals surface area contributed by atoms with Crippen LogP contribution in [0.1, 0.15) is 16.1 Å². The summed E-state index contributed by atoms with van der Waals surface area (Å²) in [6.45, 7) is 11.0. The van der Waals surface area contributed by atoms with Crippen molar-refractivity contribution in [1.29, 1.82) is 0 Å². The highest BCUT2D eigenvalue weighted by molar-refractivity contribution is 8.04. The Kier molecular flexibility index (Phi) is 8.56. The van der Waals surface area contributed by atoms with E-state index in [1.165, 1.54) is 12.2 Å². The van der Waals surface area contributed by atoms with Crippen LogP contribution in [-0.2, 0) is 4.74 Å². The summed E-state index contributed by atoms with van der Waals surface area (Å²) in [5.41, 5.74) is 11.5. The molecule has 2 aromatic heterocycles. The number of aromatic amines is 1. The van der Waals surface area contributed by atoms with Gasteiger partial charge >= 0.3 is 0 Å². The Bertz CT molecular complexity index is 1780. The summed E-state index contributed by atoms with van der Waals surface area (Å²) in [4.78, 5) is 35.0. The summed E-state index contributed by atoms with van der Waals surface area (Å²) in [5.74, 6) is -0.277. The van der Waals surface area contributed by atoms with Crippen LogP contribution in [0.3, 0.4) is 0 Å². The van der Waals surface area contributed by atoms with Crippen LogP contribution in [0, 0.1) is 6.92 Å². The Morgan fingerprint density at radius 2 is 1.83 bits per heavy atom. The van der Waals surface area contributed by atoms with Gasteiger partial charge in [-0.3, -0.25) is 9.59 Å². The van der Waals surface area contributed by atoms with Crippen molar-refractivity contribution in [2.45, 2.75) is 6.92 Å². The lowest BCUT2D eigenvalue weighted by molar-refractivity contribution is 0.0303. The second kappa shape index (κ2) is 12.5. The maximum absolute atomic E-state index is 13.7. The van der Waals surface area contributed by atoms with Crippen LogP contribution in [0.5, 0.6) is 0 Å². The smallest absolute Gasteiger partial charge is 0.272 e. The quantitative estimate of drug-likeness (QED) is 0.166. The van der Waals surface area contributed by atoms with Gasteiger partial charge < -0.3 is 25.1 Å². The Hall–Kier alpha value is -4.67. The number of amides is 1. The first-order valence-corrected chi connectivity index (χ1v) is 14.1. The highest BCUT2D eigenvalue weighted by atomic mass is 32.2. The number of aryl methyl sites for hydroxylation is 1. The summed E-state index contributed by atoms with van der Waals surface area (Å²) in [6.07, 6.45) is 2.92. The molecular weight excluding hydrogens is 553 g/mol. The number of nitrogens with zero attached hydrogens (tertiary/aromatic N) is 2. The molecule has 0 unspecified atom stereocenters. The standard InChI is InChI=1S/C32H30FN5O3S/c1-4-5-29(19(2)33)42-37-28-18-25(20(3)35-31(28)39)23-10-11-27-24(16-23)17-26(30(34)36-27)21-6-8-22(9-7-21)32(40)38-12-14-41-15-13-38/h4-11,16-18,37H,1-2,12-15H2,3H3,(H2,34,36)(H,35,39)/b29-5+. The van der Waals surface area contributed by atoms with E-state index in [1.807, 2.05) is 43.3 Å². The molecule has 1 aliphatic rings. The van der Waals surface area contributed by atoms with E-state index >= 15 is 0 Å². The number of allylic oxidation sites excluding steroid dienone is 3. The molecule has 10 heteroatoms. The monoisotopic (exact) mass is 583 g/mol. The van der Waals surface area contributed by atoms with E-state index in [0.717, 1.165) is 45.1 Å². The number of H-pyrrole nitrogens is 1. The van der Waals surface area contributed by atoms with Crippen molar-refractivity contribution in [3.63, 3.8) is 0 Å². The maximum atomic E-state index is 13.7. The van der Waals surface area contributed by atoms with Gasteiger partial charge in [-0.1, -0.05) is 37.4 Å². The molecule has 1 saturated heterocycles. The highest BCUT2D eigenvalue weighted by Crippen LogP contribution is 2.33. The number of nitrogens with two attached hydrogens (primary N) is 1.